The lowest BCUT2D eigenvalue weighted by Gasteiger charge is -2.47. The molecule has 2 fully saturated rings. The molecule has 2 unspecified atom stereocenters. The van der Waals surface area contributed by atoms with E-state index in [-0.39, 0.29) is 6.04 Å². The van der Waals surface area contributed by atoms with Crippen LogP contribution >= 0.6 is 0 Å². The maximum atomic E-state index is 6.14. The Kier molecular flexibility index (Phi) is 3.99. The van der Waals surface area contributed by atoms with Crippen molar-refractivity contribution in [2.24, 2.45) is 11.7 Å². The summed E-state index contributed by atoms with van der Waals surface area (Å²) < 4.78 is 0. The molecule has 0 aromatic heterocycles. The zero-order valence-corrected chi connectivity index (χ0v) is 12.8. The number of likely N-dealkylation sites (tertiary alicyclic amines) is 1. The van der Waals surface area contributed by atoms with E-state index in [1.807, 2.05) is 0 Å². The van der Waals surface area contributed by atoms with Crippen LogP contribution in [0.2, 0.25) is 0 Å². The maximum Gasteiger partial charge on any atom is 0.0414 e. The number of benzene rings is 1. The lowest BCUT2D eigenvalue weighted by Crippen LogP contribution is -2.53. The number of anilines is 1. The Morgan fingerprint density at radius 3 is 2.80 bits per heavy atom. The van der Waals surface area contributed by atoms with Crippen molar-refractivity contribution >= 4 is 5.69 Å². The Hall–Kier alpha value is -1.06. The van der Waals surface area contributed by atoms with Crippen LogP contribution in [0.1, 0.15) is 37.8 Å². The van der Waals surface area contributed by atoms with E-state index < -0.39 is 0 Å². The highest BCUT2D eigenvalue weighted by Crippen LogP contribution is 2.34. The summed E-state index contributed by atoms with van der Waals surface area (Å²) in [4.78, 5) is 5.14. The van der Waals surface area contributed by atoms with Gasteiger partial charge in [-0.1, -0.05) is 18.2 Å². The molecular weight excluding hydrogens is 246 g/mol. The van der Waals surface area contributed by atoms with Crippen LogP contribution in [0.15, 0.2) is 24.3 Å². The van der Waals surface area contributed by atoms with Gasteiger partial charge in [0.15, 0.2) is 0 Å². The normalized spacial score (nSPS) is 29.1. The van der Waals surface area contributed by atoms with Crippen LogP contribution in [0.5, 0.6) is 0 Å². The largest absolute Gasteiger partial charge is 0.371 e. The van der Waals surface area contributed by atoms with E-state index in [2.05, 4.69) is 48.0 Å². The number of para-hydroxylation sites is 1. The third-order valence-corrected chi connectivity index (χ3v) is 5.11. The zero-order chi connectivity index (χ0) is 14.1. The number of rotatable bonds is 2. The van der Waals surface area contributed by atoms with Gasteiger partial charge in [-0.2, -0.15) is 0 Å². The Balaban J connectivity index is 1.79. The first kappa shape index (κ1) is 13.9. The van der Waals surface area contributed by atoms with E-state index in [0.29, 0.717) is 0 Å². The standard InChI is InChI=1S/C17H27N3/c1-13(18)15-7-3-4-8-17(15)20-11-9-16-14(12-20)6-5-10-19(16)2/h3-4,7-8,13-14,16H,5-6,9-12,18H2,1-2H3/t13-,14?,16?/m0/s1. The predicted molar refractivity (Wildman–Crippen MR) is 85.0 cm³/mol. The van der Waals surface area contributed by atoms with E-state index in [9.17, 15) is 0 Å². The molecule has 2 N–H and O–H groups in total. The van der Waals surface area contributed by atoms with Gasteiger partial charge in [0.05, 0.1) is 0 Å². The van der Waals surface area contributed by atoms with E-state index in [1.54, 1.807) is 0 Å². The topological polar surface area (TPSA) is 32.5 Å². The summed E-state index contributed by atoms with van der Waals surface area (Å²) in [7, 11) is 2.29. The average molecular weight is 273 g/mol. The van der Waals surface area contributed by atoms with Crippen LogP contribution in [-0.2, 0) is 0 Å². The molecule has 110 valence electrons. The molecule has 0 spiro atoms. The van der Waals surface area contributed by atoms with Gasteiger partial charge in [-0.05, 0) is 57.3 Å². The van der Waals surface area contributed by atoms with Crippen molar-refractivity contribution in [3.63, 3.8) is 0 Å². The number of fused-ring (bicyclic) bond motifs is 1. The van der Waals surface area contributed by atoms with Crippen molar-refractivity contribution in [1.82, 2.24) is 4.90 Å². The minimum Gasteiger partial charge on any atom is -0.371 e. The molecular formula is C17H27N3. The molecule has 0 radical (unpaired) electrons. The van der Waals surface area contributed by atoms with Crippen LogP contribution in [-0.4, -0.2) is 37.6 Å². The van der Waals surface area contributed by atoms with Gasteiger partial charge >= 0.3 is 0 Å². The highest BCUT2D eigenvalue weighted by Gasteiger charge is 2.34. The second-order valence-electron chi connectivity index (χ2n) is 6.53. The fraction of sp³-hybridized carbons (Fsp3) is 0.647. The van der Waals surface area contributed by atoms with E-state index in [1.165, 1.54) is 43.6 Å². The Bertz CT molecular complexity index is 457. The predicted octanol–water partition coefficient (Wildman–Crippen LogP) is 2.63. The van der Waals surface area contributed by atoms with Gasteiger partial charge in [0.25, 0.3) is 0 Å². The Morgan fingerprint density at radius 2 is 2.00 bits per heavy atom. The van der Waals surface area contributed by atoms with Gasteiger partial charge < -0.3 is 15.5 Å². The second-order valence-corrected chi connectivity index (χ2v) is 6.53. The summed E-state index contributed by atoms with van der Waals surface area (Å²) in [6, 6.07) is 9.56. The molecule has 2 saturated heterocycles. The van der Waals surface area contributed by atoms with Gasteiger partial charge in [0.2, 0.25) is 0 Å². The summed E-state index contributed by atoms with van der Waals surface area (Å²) in [5.41, 5.74) is 8.78. The second kappa shape index (κ2) is 5.74. The number of piperidine rings is 2. The van der Waals surface area contributed by atoms with Gasteiger partial charge in [-0.15, -0.1) is 0 Å². The highest BCUT2D eigenvalue weighted by atomic mass is 15.2. The molecule has 0 bridgehead atoms. The summed E-state index contributed by atoms with van der Waals surface area (Å²) >= 11 is 0. The number of nitrogens with two attached hydrogens (primary N) is 1. The fourth-order valence-electron chi connectivity index (χ4n) is 4.03. The maximum absolute atomic E-state index is 6.14. The van der Waals surface area contributed by atoms with Crippen LogP contribution in [0.4, 0.5) is 5.69 Å². The third kappa shape index (κ3) is 2.57. The molecule has 20 heavy (non-hydrogen) atoms. The fourth-order valence-corrected chi connectivity index (χ4v) is 4.03. The quantitative estimate of drug-likeness (QED) is 0.899. The molecule has 2 heterocycles. The first-order chi connectivity index (χ1) is 9.66. The average Bonchev–Trinajstić information content (AvgIpc) is 2.47. The Labute approximate surface area is 122 Å². The molecule has 3 rings (SSSR count). The van der Waals surface area contributed by atoms with Crippen molar-refractivity contribution in [2.45, 2.75) is 38.3 Å². The van der Waals surface area contributed by atoms with Gasteiger partial charge in [0, 0.05) is 30.9 Å². The number of hydrogen-bond donors (Lipinski definition) is 1. The molecule has 1 aromatic carbocycles. The van der Waals surface area contributed by atoms with Crippen LogP contribution in [0.25, 0.3) is 0 Å². The smallest absolute Gasteiger partial charge is 0.0414 e. The molecule has 0 saturated carbocycles. The van der Waals surface area contributed by atoms with Crippen molar-refractivity contribution in [3.8, 4) is 0 Å². The van der Waals surface area contributed by atoms with E-state index >= 15 is 0 Å². The molecule has 2 aliphatic heterocycles. The SMILES string of the molecule is C[C@H](N)c1ccccc1N1CCC2C(CCCN2C)C1. The minimum atomic E-state index is 0.109. The lowest BCUT2D eigenvalue weighted by molar-refractivity contribution is 0.102. The van der Waals surface area contributed by atoms with Crippen molar-refractivity contribution in [2.75, 3.05) is 31.6 Å². The van der Waals surface area contributed by atoms with E-state index in [0.717, 1.165) is 18.5 Å². The summed E-state index contributed by atoms with van der Waals surface area (Å²) in [5, 5.41) is 0. The summed E-state index contributed by atoms with van der Waals surface area (Å²) in [6.07, 6.45) is 4.01. The van der Waals surface area contributed by atoms with Crippen molar-refractivity contribution in [3.05, 3.63) is 29.8 Å². The molecule has 0 amide bonds. The molecule has 3 nitrogen and oxygen atoms in total. The molecule has 3 heteroatoms. The van der Waals surface area contributed by atoms with Crippen LogP contribution in [0.3, 0.4) is 0 Å². The van der Waals surface area contributed by atoms with Crippen molar-refractivity contribution < 1.29 is 0 Å². The third-order valence-electron chi connectivity index (χ3n) is 5.11. The first-order valence-corrected chi connectivity index (χ1v) is 7.96. The number of hydrogen-bond acceptors (Lipinski definition) is 3. The zero-order valence-electron chi connectivity index (χ0n) is 12.8. The molecule has 0 aliphatic carbocycles. The van der Waals surface area contributed by atoms with Crippen LogP contribution < -0.4 is 10.6 Å². The first-order valence-electron chi connectivity index (χ1n) is 7.96. The monoisotopic (exact) mass is 273 g/mol. The Morgan fingerprint density at radius 1 is 1.20 bits per heavy atom. The number of nitrogens with zero attached hydrogens (tertiary/aromatic N) is 2. The van der Waals surface area contributed by atoms with Gasteiger partial charge in [0.1, 0.15) is 0 Å². The van der Waals surface area contributed by atoms with E-state index in [4.69, 9.17) is 5.73 Å². The lowest BCUT2D eigenvalue weighted by atomic mass is 9.83. The van der Waals surface area contributed by atoms with Gasteiger partial charge in [-0.3, -0.25) is 0 Å². The molecule has 3 atom stereocenters. The summed E-state index contributed by atoms with van der Waals surface area (Å²) in [6.45, 7) is 5.71. The molecule has 1 aromatic rings. The molecule has 2 aliphatic rings. The minimum absolute atomic E-state index is 0.109. The van der Waals surface area contributed by atoms with Crippen LogP contribution in [0, 0.1) is 5.92 Å². The summed E-state index contributed by atoms with van der Waals surface area (Å²) in [5.74, 6) is 0.823. The van der Waals surface area contributed by atoms with Crippen molar-refractivity contribution in [1.29, 1.82) is 0 Å². The highest BCUT2D eigenvalue weighted by molar-refractivity contribution is 5.55. The van der Waals surface area contributed by atoms with Gasteiger partial charge in [-0.25, -0.2) is 0 Å².